The summed E-state index contributed by atoms with van der Waals surface area (Å²) in [4.78, 5) is 0. The number of hydrogen-bond donors (Lipinski definition) is 1. The van der Waals surface area contributed by atoms with E-state index < -0.39 is 0 Å². The highest BCUT2D eigenvalue weighted by atomic mass is 79.9. The number of anilines is 2. The topological polar surface area (TPSA) is 35.8 Å². The van der Waals surface area contributed by atoms with E-state index in [1.165, 1.54) is 12.1 Å². The summed E-state index contributed by atoms with van der Waals surface area (Å²) in [6, 6.07) is 11.2. The van der Waals surface area contributed by atoms with E-state index in [0.29, 0.717) is 26.4 Å². The van der Waals surface area contributed by atoms with Gasteiger partial charge in [-0.2, -0.15) is 5.26 Å². The number of nitriles is 1. The molecule has 0 atom stereocenters. The third kappa shape index (κ3) is 2.81. The van der Waals surface area contributed by atoms with E-state index in [2.05, 4.69) is 21.2 Å². The van der Waals surface area contributed by atoms with Gasteiger partial charge in [0.1, 0.15) is 11.9 Å². The zero-order valence-electron chi connectivity index (χ0n) is 9.05. The molecular weight excluding hydrogens is 319 g/mol. The van der Waals surface area contributed by atoms with Gasteiger partial charge in [0.25, 0.3) is 0 Å². The second-order valence-corrected chi connectivity index (χ2v) is 4.84. The first-order valence-corrected chi connectivity index (χ1v) is 6.19. The number of nitrogens with zero attached hydrogens (tertiary/aromatic N) is 1. The van der Waals surface area contributed by atoms with Gasteiger partial charge in [-0.25, -0.2) is 4.39 Å². The predicted octanol–water partition coefficient (Wildman–Crippen LogP) is 4.86. The first-order valence-electron chi connectivity index (χ1n) is 5.02. The summed E-state index contributed by atoms with van der Waals surface area (Å²) in [7, 11) is 0. The van der Waals surface area contributed by atoms with Crippen LogP contribution in [0, 0.1) is 17.1 Å². The molecule has 0 fully saturated rings. The largest absolute Gasteiger partial charge is 0.353 e. The maximum atomic E-state index is 13.2. The molecule has 0 heterocycles. The lowest BCUT2D eigenvalue weighted by Gasteiger charge is -2.10. The molecule has 1 N–H and O–H groups in total. The Balaban J connectivity index is 2.43. The molecule has 0 aliphatic rings. The molecule has 90 valence electrons. The predicted molar refractivity (Wildman–Crippen MR) is 73.5 cm³/mol. The molecule has 18 heavy (non-hydrogen) atoms. The van der Waals surface area contributed by atoms with Crippen LogP contribution in [0.4, 0.5) is 15.8 Å². The van der Waals surface area contributed by atoms with E-state index in [0.717, 1.165) is 0 Å². The smallest absolute Gasteiger partial charge is 0.125 e. The van der Waals surface area contributed by atoms with E-state index in [-0.39, 0.29) is 5.82 Å². The van der Waals surface area contributed by atoms with Crippen molar-refractivity contribution in [1.82, 2.24) is 0 Å². The molecule has 2 nitrogen and oxygen atoms in total. The van der Waals surface area contributed by atoms with Crippen molar-refractivity contribution in [2.75, 3.05) is 5.32 Å². The monoisotopic (exact) mass is 324 g/mol. The third-order valence-corrected chi connectivity index (χ3v) is 3.23. The van der Waals surface area contributed by atoms with Crippen molar-refractivity contribution in [3.8, 4) is 6.07 Å². The molecule has 0 aliphatic carbocycles. The van der Waals surface area contributed by atoms with Crippen LogP contribution in [0.15, 0.2) is 40.9 Å². The van der Waals surface area contributed by atoms with Gasteiger partial charge in [-0.15, -0.1) is 0 Å². The Bertz CT molecular complexity index is 637. The summed E-state index contributed by atoms with van der Waals surface area (Å²) in [6.07, 6.45) is 0. The average Bonchev–Trinajstić information content (AvgIpc) is 2.34. The maximum Gasteiger partial charge on any atom is 0.125 e. The van der Waals surface area contributed by atoms with Crippen molar-refractivity contribution in [3.05, 3.63) is 57.3 Å². The molecule has 0 amide bonds. The van der Waals surface area contributed by atoms with Crippen LogP contribution in [-0.2, 0) is 0 Å². The van der Waals surface area contributed by atoms with E-state index in [1.807, 2.05) is 6.07 Å². The normalized spacial score (nSPS) is 9.89. The van der Waals surface area contributed by atoms with Gasteiger partial charge in [-0.3, -0.25) is 0 Å². The Morgan fingerprint density at radius 3 is 2.67 bits per heavy atom. The van der Waals surface area contributed by atoms with Crippen molar-refractivity contribution in [2.24, 2.45) is 0 Å². The Hall–Kier alpha value is -1.57. The molecule has 0 aromatic heterocycles. The number of hydrogen-bond acceptors (Lipinski definition) is 2. The molecule has 0 saturated carbocycles. The van der Waals surface area contributed by atoms with E-state index in [1.54, 1.807) is 24.3 Å². The third-order valence-electron chi connectivity index (χ3n) is 2.30. The summed E-state index contributed by atoms with van der Waals surface area (Å²) < 4.78 is 13.9. The fourth-order valence-corrected chi connectivity index (χ4v) is 1.97. The highest BCUT2D eigenvalue weighted by Gasteiger charge is 2.06. The minimum atomic E-state index is -0.360. The van der Waals surface area contributed by atoms with Crippen LogP contribution < -0.4 is 5.32 Å². The lowest BCUT2D eigenvalue weighted by atomic mass is 10.2. The first kappa shape index (κ1) is 12.9. The molecule has 0 unspecified atom stereocenters. The first-order chi connectivity index (χ1) is 8.60. The summed E-state index contributed by atoms with van der Waals surface area (Å²) in [6.45, 7) is 0. The molecule has 2 rings (SSSR count). The fourth-order valence-electron chi connectivity index (χ4n) is 1.46. The molecule has 5 heteroatoms. The molecule has 0 spiro atoms. The molecule has 0 bridgehead atoms. The zero-order valence-corrected chi connectivity index (χ0v) is 11.4. The lowest BCUT2D eigenvalue weighted by Crippen LogP contribution is -1.95. The van der Waals surface area contributed by atoms with Gasteiger partial charge in [0.15, 0.2) is 0 Å². The Kier molecular flexibility index (Phi) is 3.85. The van der Waals surface area contributed by atoms with Crippen LogP contribution in [0.3, 0.4) is 0 Å². The highest BCUT2D eigenvalue weighted by Crippen LogP contribution is 2.29. The second-order valence-electron chi connectivity index (χ2n) is 3.55. The number of rotatable bonds is 2. The Labute approximate surface area is 117 Å². The van der Waals surface area contributed by atoms with E-state index in [4.69, 9.17) is 16.9 Å². The van der Waals surface area contributed by atoms with Gasteiger partial charge in [-0.05, 0) is 52.3 Å². The van der Waals surface area contributed by atoms with Crippen LogP contribution in [-0.4, -0.2) is 0 Å². The maximum absolute atomic E-state index is 13.2. The summed E-state index contributed by atoms with van der Waals surface area (Å²) in [5.74, 6) is -0.360. The molecular formula is C13H7BrClFN2. The Morgan fingerprint density at radius 2 is 1.94 bits per heavy atom. The standard InChI is InChI=1S/C13H7BrClFN2/c14-11-4-3-10(16)6-13(11)18-12-5-9(15)2-1-8(12)7-17/h1-6,18H. The van der Waals surface area contributed by atoms with Crippen molar-refractivity contribution in [3.63, 3.8) is 0 Å². The molecule has 2 aromatic carbocycles. The molecule has 2 aromatic rings. The summed E-state index contributed by atoms with van der Waals surface area (Å²) in [5.41, 5.74) is 1.51. The van der Waals surface area contributed by atoms with Crippen molar-refractivity contribution < 1.29 is 4.39 Å². The average molecular weight is 326 g/mol. The van der Waals surface area contributed by atoms with Gasteiger partial charge in [0.2, 0.25) is 0 Å². The van der Waals surface area contributed by atoms with Crippen LogP contribution >= 0.6 is 27.5 Å². The van der Waals surface area contributed by atoms with Crippen molar-refractivity contribution >= 4 is 38.9 Å². The van der Waals surface area contributed by atoms with E-state index >= 15 is 0 Å². The molecule has 0 saturated heterocycles. The van der Waals surface area contributed by atoms with Gasteiger partial charge in [-0.1, -0.05) is 11.6 Å². The number of halogens is 3. The number of nitrogens with one attached hydrogen (secondary N) is 1. The minimum Gasteiger partial charge on any atom is -0.353 e. The van der Waals surface area contributed by atoms with E-state index in [9.17, 15) is 4.39 Å². The quantitative estimate of drug-likeness (QED) is 0.856. The molecule has 0 aliphatic heterocycles. The highest BCUT2D eigenvalue weighted by molar-refractivity contribution is 9.10. The molecule has 0 radical (unpaired) electrons. The van der Waals surface area contributed by atoms with Gasteiger partial charge < -0.3 is 5.32 Å². The minimum absolute atomic E-state index is 0.360. The van der Waals surface area contributed by atoms with Crippen molar-refractivity contribution in [2.45, 2.75) is 0 Å². The van der Waals surface area contributed by atoms with Crippen LogP contribution in [0.5, 0.6) is 0 Å². The summed E-state index contributed by atoms with van der Waals surface area (Å²) in [5, 5.41) is 12.5. The summed E-state index contributed by atoms with van der Waals surface area (Å²) >= 11 is 9.18. The number of benzene rings is 2. The van der Waals surface area contributed by atoms with Gasteiger partial charge >= 0.3 is 0 Å². The SMILES string of the molecule is N#Cc1ccc(Cl)cc1Nc1cc(F)ccc1Br. The lowest BCUT2D eigenvalue weighted by molar-refractivity contribution is 0.628. The Morgan fingerprint density at radius 1 is 1.17 bits per heavy atom. The second kappa shape index (κ2) is 5.38. The van der Waals surface area contributed by atoms with Crippen LogP contribution in [0.1, 0.15) is 5.56 Å². The van der Waals surface area contributed by atoms with Crippen molar-refractivity contribution in [1.29, 1.82) is 5.26 Å². The van der Waals surface area contributed by atoms with Crippen LogP contribution in [0.2, 0.25) is 5.02 Å². The zero-order chi connectivity index (χ0) is 13.1. The van der Waals surface area contributed by atoms with Gasteiger partial charge in [0, 0.05) is 9.50 Å². The van der Waals surface area contributed by atoms with Gasteiger partial charge in [0.05, 0.1) is 16.9 Å². The fraction of sp³-hybridized carbons (Fsp3) is 0. The van der Waals surface area contributed by atoms with Crippen LogP contribution in [0.25, 0.3) is 0 Å².